The first-order valence-electron chi connectivity index (χ1n) is 7.77. The van der Waals surface area contributed by atoms with Gasteiger partial charge in [-0.05, 0) is 55.2 Å². The van der Waals surface area contributed by atoms with Crippen molar-refractivity contribution in [1.82, 2.24) is 4.98 Å². The lowest BCUT2D eigenvalue weighted by atomic mass is 9.93. The van der Waals surface area contributed by atoms with Crippen LogP contribution in [0.1, 0.15) is 5.56 Å². The summed E-state index contributed by atoms with van der Waals surface area (Å²) in [6, 6.07) is 15.1. The number of non-ortho nitro benzene ring substituents is 1. The van der Waals surface area contributed by atoms with Crippen molar-refractivity contribution in [2.75, 3.05) is 0 Å². The van der Waals surface area contributed by atoms with Crippen LogP contribution in [0.5, 0.6) is 0 Å². The molecule has 0 aliphatic heterocycles. The summed E-state index contributed by atoms with van der Waals surface area (Å²) < 4.78 is 0. The molecule has 0 atom stereocenters. The second-order valence-electron chi connectivity index (χ2n) is 5.80. The van der Waals surface area contributed by atoms with Crippen molar-refractivity contribution in [3.8, 4) is 11.3 Å². The highest BCUT2D eigenvalue weighted by Crippen LogP contribution is 2.37. The molecule has 0 amide bonds. The Morgan fingerprint density at radius 3 is 2.46 bits per heavy atom. The van der Waals surface area contributed by atoms with E-state index < -0.39 is 0 Å². The fraction of sp³-hybridized carbons (Fsp3) is 0.0500. The van der Waals surface area contributed by atoms with Crippen molar-refractivity contribution < 1.29 is 4.92 Å². The third-order valence-corrected chi connectivity index (χ3v) is 4.28. The number of nitrogens with zero attached hydrogens (tertiary/aromatic N) is 1. The molecule has 117 valence electrons. The molecule has 1 aromatic heterocycles. The molecular formula is C20H15N2O2. The van der Waals surface area contributed by atoms with Crippen LogP contribution in [0.3, 0.4) is 0 Å². The number of benzene rings is 2. The predicted octanol–water partition coefficient (Wildman–Crippen LogP) is 4.69. The first kappa shape index (κ1) is 14.9. The van der Waals surface area contributed by atoms with Crippen molar-refractivity contribution in [1.29, 1.82) is 0 Å². The van der Waals surface area contributed by atoms with Gasteiger partial charge in [-0.1, -0.05) is 30.3 Å². The van der Waals surface area contributed by atoms with Crippen molar-refractivity contribution >= 4 is 16.6 Å². The molecule has 24 heavy (non-hydrogen) atoms. The minimum Gasteiger partial charge on any atom is -0.354 e. The van der Waals surface area contributed by atoms with E-state index in [2.05, 4.69) is 17.8 Å². The van der Waals surface area contributed by atoms with Gasteiger partial charge in [0.05, 0.1) is 4.92 Å². The van der Waals surface area contributed by atoms with Gasteiger partial charge < -0.3 is 4.98 Å². The van der Waals surface area contributed by atoms with Crippen molar-refractivity contribution in [3.63, 3.8) is 0 Å². The minimum atomic E-state index is -0.346. The third-order valence-electron chi connectivity index (χ3n) is 4.28. The van der Waals surface area contributed by atoms with Gasteiger partial charge in [-0.3, -0.25) is 10.1 Å². The number of nitrogens with one attached hydrogen (secondary N) is 1. The third kappa shape index (κ3) is 2.68. The summed E-state index contributed by atoms with van der Waals surface area (Å²) in [6.45, 7) is 0. The molecule has 3 aromatic rings. The Bertz CT molecular complexity index is 877. The normalized spacial score (nSPS) is 15.2. The fourth-order valence-electron chi connectivity index (χ4n) is 3.12. The summed E-state index contributed by atoms with van der Waals surface area (Å²) in [6.07, 6.45) is 8.90. The first-order chi connectivity index (χ1) is 11.7. The highest BCUT2D eigenvalue weighted by atomic mass is 16.6. The molecule has 1 heterocycles. The smallest absolute Gasteiger partial charge is 0.270 e. The topological polar surface area (TPSA) is 58.9 Å². The van der Waals surface area contributed by atoms with Gasteiger partial charge in [0, 0.05) is 28.7 Å². The number of hydrogen-bond acceptors (Lipinski definition) is 2. The van der Waals surface area contributed by atoms with Crippen LogP contribution in [0.4, 0.5) is 5.69 Å². The summed E-state index contributed by atoms with van der Waals surface area (Å²) in [4.78, 5) is 14.2. The number of aromatic nitrogens is 1. The van der Waals surface area contributed by atoms with E-state index in [1.165, 1.54) is 5.92 Å². The number of nitro benzene ring substituents is 1. The lowest BCUT2D eigenvalue weighted by molar-refractivity contribution is -0.384. The van der Waals surface area contributed by atoms with Gasteiger partial charge in [-0.2, -0.15) is 0 Å². The van der Waals surface area contributed by atoms with E-state index in [1.807, 2.05) is 43.2 Å². The molecule has 4 nitrogen and oxygen atoms in total. The molecule has 1 aliphatic carbocycles. The van der Waals surface area contributed by atoms with Gasteiger partial charge in [0.15, 0.2) is 0 Å². The van der Waals surface area contributed by atoms with Crippen LogP contribution < -0.4 is 0 Å². The highest BCUT2D eigenvalue weighted by Gasteiger charge is 2.23. The van der Waals surface area contributed by atoms with Crippen LogP contribution >= 0.6 is 0 Å². The molecule has 0 saturated heterocycles. The van der Waals surface area contributed by atoms with Crippen LogP contribution in [0, 0.1) is 41.7 Å². The van der Waals surface area contributed by atoms with Crippen molar-refractivity contribution in [2.45, 2.75) is 6.42 Å². The number of fused-ring (bicyclic) bond motifs is 1. The minimum absolute atomic E-state index is 0.116. The molecule has 2 aromatic carbocycles. The molecule has 4 heteroatoms. The maximum atomic E-state index is 11.1. The number of nitro groups is 1. The summed E-state index contributed by atoms with van der Waals surface area (Å²) in [5, 5.41) is 12.1. The summed E-state index contributed by atoms with van der Waals surface area (Å²) in [5.41, 5.74) is 4.22. The van der Waals surface area contributed by atoms with E-state index in [0.29, 0.717) is 0 Å². The van der Waals surface area contributed by atoms with E-state index in [0.717, 1.165) is 34.1 Å². The average molecular weight is 315 g/mol. The monoisotopic (exact) mass is 315 g/mol. The summed E-state index contributed by atoms with van der Waals surface area (Å²) in [7, 11) is 0. The zero-order valence-corrected chi connectivity index (χ0v) is 12.9. The summed E-state index contributed by atoms with van der Waals surface area (Å²) >= 11 is 0. The Morgan fingerprint density at radius 1 is 1.00 bits per heavy atom. The van der Waals surface area contributed by atoms with Gasteiger partial charge in [0.2, 0.25) is 0 Å². The van der Waals surface area contributed by atoms with Crippen LogP contribution in [0.2, 0.25) is 0 Å². The van der Waals surface area contributed by atoms with Gasteiger partial charge in [-0.25, -0.2) is 0 Å². The van der Waals surface area contributed by atoms with E-state index in [1.54, 1.807) is 18.2 Å². The van der Waals surface area contributed by atoms with Gasteiger partial charge in [0.25, 0.3) is 5.69 Å². The largest absolute Gasteiger partial charge is 0.354 e. The number of aromatic amines is 1. The van der Waals surface area contributed by atoms with E-state index in [9.17, 15) is 10.1 Å². The van der Waals surface area contributed by atoms with Crippen LogP contribution in [0.15, 0.2) is 48.5 Å². The molecule has 0 bridgehead atoms. The number of H-pyrrole nitrogens is 1. The molecule has 1 fully saturated rings. The quantitative estimate of drug-likeness (QED) is 0.561. The van der Waals surface area contributed by atoms with Gasteiger partial charge in [-0.15, -0.1) is 0 Å². The zero-order chi connectivity index (χ0) is 16.5. The highest BCUT2D eigenvalue weighted by molar-refractivity contribution is 5.92. The predicted molar refractivity (Wildman–Crippen MR) is 94.5 cm³/mol. The van der Waals surface area contributed by atoms with E-state index in [-0.39, 0.29) is 10.6 Å². The number of rotatable bonds is 4. The van der Waals surface area contributed by atoms with Crippen molar-refractivity contribution in [3.05, 3.63) is 95.8 Å². The molecular weight excluding hydrogens is 300 g/mol. The number of hydrogen-bond donors (Lipinski definition) is 1. The van der Waals surface area contributed by atoms with E-state index in [4.69, 9.17) is 0 Å². The first-order valence-corrected chi connectivity index (χ1v) is 7.77. The molecule has 4 rings (SSSR count). The maximum absolute atomic E-state index is 11.1. The van der Waals surface area contributed by atoms with Crippen molar-refractivity contribution in [2.24, 2.45) is 0 Å². The second-order valence-corrected chi connectivity index (χ2v) is 5.80. The maximum Gasteiger partial charge on any atom is 0.270 e. The molecule has 1 aliphatic rings. The lowest BCUT2D eigenvalue weighted by Gasteiger charge is -2.10. The fourth-order valence-corrected chi connectivity index (χ4v) is 3.12. The van der Waals surface area contributed by atoms with Gasteiger partial charge >= 0.3 is 0 Å². The molecule has 1 saturated carbocycles. The second kappa shape index (κ2) is 6.11. The Hall–Kier alpha value is -2.62. The lowest BCUT2D eigenvalue weighted by Crippen LogP contribution is -1.99. The van der Waals surface area contributed by atoms with Gasteiger partial charge in [0.1, 0.15) is 0 Å². The summed E-state index contributed by atoms with van der Waals surface area (Å²) in [5.74, 6) is 1.19. The molecule has 0 unspecified atom stereocenters. The molecule has 1 N–H and O–H groups in total. The Morgan fingerprint density at radius 2 is 1.75 bits per heavy atom. The Kier molecular flexibility index (Phi) is 3.81. The van der Waals surface area contributed by atoms with Crippen LogP contribution in [-0.2, 0) is 6.42 Å². The standard InChI is InChI=1S/C20H15N2O2/c23-22(24)16-10-11-19-17(13-16)18(12-14-6-4-5-7-14)20(21-19)15-8-2-1-3-9-15/h1-11,13,21H,12H2. The van der Waals surface area contributed by atoms with Crippen LogP contribution in [0.25, 0.3) is 22.2 Å². The Balaban J connectivity index is 1.88. The molecule has 5 radical (unpaired) electrons. The van der Waals surface area contributed by atoms with Crippen LogP contribution in [-0.4, -0.2) is 9.91 Å². The average Bonchev–Trinajstić information content (AvgIpc) is 3.24. The van der Waals surface area contributed by atoms with E-state index >= 15 is 0 Å². The molecule has 0 spiro atoms. The zero-order valence-electron chi connectivity index (χ0n) is 12.9. The Labute approximate surface area is 140 Å². The SMILES string of the molecule is O=[N+]([O-])c1ccc2[nH]c(-c3ccccc3)c(C[C]3[CH][CH][CH][CH]3)c2c1.